The highest BCUT2D eigenvalue weighted by Crippen LogP contribution is 2.20. The Morgan fingerprint density at radius 1 is 1.29 bits per heavy atom. The molecule has 2 rings (SSSR count). The third-order valence-corrected chi connectivity index (χ3v) is 5.79. The van der Waals surface area contributed by atoms with E-state index < -0.39 is 27.7 Å². The van der Waals surface area contributed by atoms with Gasteiger partial charge < -0.3 is 10.6 Å². The van der Waals surface area contributed by atoms with Crippen LogP contribution in [0.15, 0.2) is 24.3 Å². The summed E-state index contributed by atoms with van der Waals surface area (Å²) in [6, 6.07) is 5.29. The molecule has 132 valence electrons. The van der Waals surface area contributed by atoms with E-state index in [-0.39, 0.29) is 29.8 Å². The second-order valence-electron chi connectivity index (χ2n) is 5.90. The normalized spacial score (nSPS) is 20.3. The van der Waals surface area contributed by atoms with Gasteiger partial charge in [0.25, 0.3) is 0 Å². The topological polar surface area (TPSA) is 92.3 Å². The Morgan fingerprint density at radius 2 is 1.96 bits per heavy atom. The van der Waals surface area contributed by atoms with Crippen molar-refractivity contribution in [2.45, 2.75) is 31.7 Å². The summed E-state index contributed by atoms with van der Waals surface area (Å²) in [6.45, 7) is 1.62. The lowest BCUT2D eigenvalue weighted by Crippen LogP contribution is -2.43. The molecule has 2 N–H and O–H groups in total. The van der Waals surface area contributed by atoms with Gasteiger partial charge in [0.1, 0.15) is 5.82 Å². The predicted octanol–water partition coefficient (Wildman–Crippen LogP) is 0.739. The van der Waals surface area contributed by atoms with Gasteiger partial charge in [-0.25, -0.2) is 12.8 Å². The average molecular weight is 356 g/mol. The van der Waals surface area contributed by atoms with Gasteiger partial charge in [-0.3, -0.25) is 9.59 Å². The van der Waals surface area contributed by atoms with Crippen molar-refractivity contribution in [3.63, 3.8) is 0 Å². The summed E-state index contributed by atoms with van der Waals surface area (Å²) in [7, 11) is -3.06. The van der Waals surface area contributed by atoms with Crippen LogP contribution < -0.4 is 10.6 Å². The zero-order valence-corrected chi connectivity index (χ0v) is 14.2. The Labute approximate surface area is 140 Å². The van der Waals surface area contributed by atoms with Crippen molar-refractivity contribution in [3.8, 4) is 0 Å². The molecule has 2 amide bonds. The van der Waals surface area contributed by atoms with E-state index in [1.54, 1.807) is 12.1 Å². The van der Waals surface area contributed by atoms with E-state index >= 15 is 0 Å². The number of rotatable bonds is 6. The van der Waals surface area contributed by atoms with E-state index in [1.165, 1.54) is 12.1 Å². The van der Waals surface area contributed by atoms with E-state index in [4.69, 9.17) is 0 Å². The lowest BCUT2D eigenvalue weighted by molar-refractivity contribution is -0.127. The molecule has 0 saturated carbocycles. The van der Waals surface area contributed by atoms with Crippen molar-refractivity contribution in [3.05, 3.63) is 35.6 Å². The monoisotopic (exact) mass is 356 g/mol. The molecule has 0 radical (unpaired) electrons. The highest BCUT2D eigenvalue weighted by atomic mass is 32.2. The molecule has 2 unspecified atom stereocenters. The minimum Gasteiger partial charge on any atom is -0.351 e. The highest BCUT2D eigenvalue weighted by Gasteiger charge is 2.29. The second-order valence-corrected chi connectivity index (χ2v) is 8.13. The largest absolute Gasteiger partial charge is 0.351 e. The molecule has 1 aromatic carbocycles. The molecule has 6 nitrogen and oxygen atoms in total. The lowest BCUT2D eigenvalue weighted by Gasteiger charge is -2.16. The molecular weight excluding hydrogens is 335 g/mol. The number of hydrogen-bond acceptors (Lipinski definition) is 4. The van der Waals surface area contributed by atoms with Gasteiger partial charge in [-0.05, 0) is 30.5 Å². The SMILES string of the molecule is CCC(C(=O)NCC(=O)NC1CCS(=O)(=O)C1)c1ccc(F)cc1. The number of benzene rings is 1. The maximum Gasteiger partial charge on any atom is 0.239 e. The van der Waals surface area contributed by atoms with Crippen molar-refractivity contribution in [2.24, 2.45) is 0 Å². The summed E-state index contributed by atoms with van der Waals surface area (Å²) in [6.07, 6.45) is 0.912. The van der Waals surface area contributed by atoms with Crippen LogP contribution in [0, 0.1) is 5.82 Å². The zero-order chi connectivity index (χ0) is 17.7. The molecule has 1 fully saturated rings. The maximum absolute atomic E-state index is 13.0. The molecular formula is C16H21FN2O4S. The van der Waals surface area contributed by atoms with Gasteiger partial charge in [0, 0.05) is 6.04 Å². The fraction of sp³-hybridized carbons (Fsp3) is 0.500. The molecule has 1 heterocycles. The fourth-order valence-electron chi connectivity index (χ4n) is 2.75. The summed E-state index contributed by atoms with van der Waals surface area (Å²) in [5, 5.41) is 5.16. The molecule has 1 aliphatic heterocycles. The Morgan fingerprint density at radius 3 is 2.50 bits per heavy atom. The first-order valence-corrected chi connectivity index (χ1v) is 9.66. The Bertz CT molecular complexity index is 703. The van der Waals surface area contributed by atoms with E-state index in [0.717, 1.165) is 0 Å². The number of carbonyl (C=O) groups is 2. The number of halogens is 1. The number of hydrogen-bond donors (Lipinski definition) is 2. The zero-order valence-electron chi connectivity index (χ0n) is 13.4. The number of nitrogens with one attached hydrogen (secondary N) is 2. The van der Waals surface area contributed by atoms with E-state index in [2.05, 4.69) is 10.6 Å². The molecule has 1 aromatic rings. The van der Waals surface area contributed by atoms with Crippen molar-refractivity contribution < 1.29 is 22.4 Å². The fourth-order valence-corrected chi connectivity index (χ4v) is 4.42. The molecule has 0 aliphatic carbocycles. The van der Waals surface area contributed by atoms with Gasteiger partial charge in [0.05, 0.1) is 24.0 Å². The molecule has 1 aliphatic rings. The lowest BCUT2D eigenvalue weighted by atomic mass is 9.95. The van der Waals surface area contributed by atoms with E-state index in [0.29, 0.717) is 18.4 Å². The third kappa shape index (κ3) is 5.02. The Kier molecular flexibility index (Phi) is 5.93. The Balaban J connectivity index is 1.84. The first kappa shape index (κ1) is 18.4. The number of sulfone groups is 1. The molecule has 0 aromatic heterocycles. The first-order valence-electron chi connectivity index (χ1n) is 7.83. The van der Waals surface area contributed by atoms with Gasteiger partial charge in [-0.15, -0.1) is 0 Å². The van der Waals surface area contributed by atoms with E-state index in [9.17, 15) is 22.4 Å². The van der Waals surface area contributed by atoms with Crippen LogP contribution in [-0.2, 0) is 19.4 Å². The van der Waals surface area contributed by atoms with Crippen LogP contribution in [0.1, 0.15) is 31.2 Å². The van der Waals surface area contributed by atoms with Gasteiger partial charge in [-0.2, -0.15) is 0 Å². The van der Waals surface area contributed by atoms with Crippen LogP contribution >= 0.6 is 0 Å². The van der Waals surface area contributed by atoms with Crippen LogP contribution in [0.4, 0.5) is 4.39 Å². The van der Waals surface area contributed by atoms with Crippen LogP contribution in [0.5, 0.6) is 0 Å². The summed E-state index contributed by atoms with van der Waals surface area (Å²) >= 11 is 0. The van der Waals surface area contributed by atoms with Crippen LogP contribution in [0.2, 0.25) is 0 Å². The summed E-state index contributed by atoms with van der Waals surface area (Å²) in [5.74, 6) is -1.56. The standard InChI is InChI=1S/C16H21FN2O4S/c1-2-14(11-3-5-12(17)6-4-11)16(21)18-9-15(20)19-13-7-8-24(22,23)10-13/h3-6,13-14H,2,7-10H2,1H3,(H,18,21)(H,19,20). The van der Waals surface area contributed by atoms with Crippen molar-refractivity contribution in [1.82, 2.24) is 10.6 Å². The van der Waals surface area contributed by atoms with Crippen LogP contribution in [0.3, 0.4) is 0 Å². The smallest absolute Gasteiger partial charge is 0.239 e. The third-order valence-electron chi connectivity index (χ3n) is 4.02. The quantitative estimate of drug-likeness (QED) is 0.786. The molecule has 8 heteroatoms. The maximum atomic E-state index is 13.0. The van der Waals surface area contributed by atoms with Crippen molar-refractivity contribution >= 4 is 21.7 Å². The summed E-state index contributed by atoms with van der Waals surface area (Å²) < 4.78 is 35.7. The second kappa shape index (κ2) is 7.74. The minimum absolute atomic E-state index is 0.0557. The minimum atomic E-state index is -3.06. The Hall–Kier alpha value is -1.96. The average Bonchev–Trinajstić information content (AvgIpc) is 2.86. The summed E-state index contributed by atoms with van der Waals surface area (Å²) in [5.41, 5.74) is 0.679. The van der Waals surface area contributed by atoms with Gasteiger partial charge >= 0.3 is 0 Å². The molecule has 0 bridgehead atoms. The van der Waals surface area contributed by atoms with Gasteiger partial charge in [-0.1, -0.05) is 19.1 Å². The highest BCUT2D eigenvalue weighted by molar-refractivity contribution is 7.91. The number of amides is 2. The van der Waals surface area contributed by atoms with Crippen molar-refractivity contribution in [1.29, 1.82) is 0 Å². The van der Waals surface area contributed by atoms with E-state index in [1.807, 2.05) is 6.92 Å². The van der Waals surface area contributed by atoms with Crippen LogP contribution in [-0.4, -0.2) is 44.3 Å². The summed E-state index contributed by atoms with van der Waals surface area (Å²) in [4.78, 5) is 24.1. The van der Waals surface area contributed by atoms with Crippen molar-refractivity contribution in [2.75, 3.05) is 18.1 Å². The molecule has 1 saturated heterocycles. The van der Waals surface area contributed by atoms with Gasteiger partial charge in [0.15, 0.2) is 9.84 Å². The molecule has 24 heavy (non-hydrogen) atoms. The van der Waals surface area contributed by atoms with Gasteiger partial charge in [0.2, 0.25) is 11.8 Å². The molecule has 2 atom stereocenters. The predicted molar refractivity (Wildman–Crippen MR) is 87.6 cm³/mol. The molecule has 0 spiro atoms. The first-order chi connectivity index (χ1) is 11.3. The number of carbonyl (C=O) groups excluding carboxylic acids is 2. The van der Waals surface area contributed by atoms with Crippen LogP contribution in [0.25, 0.3) is 0 Å².